The van der Waals surface area contributed by atoms with Gasteiger partial charge in [0, 0.05) is 6.07 Å². The minimum Gasteiger partial charge on any atom is -0.448 e. The molecular weight excluding hydrogens is 392 g/mol. The molecule has 2 aromatic carbocycles. The van der Waals surface area contributed by atoms with Crippen molar-refractivity contribution >= 4 is 17.8 Å². The lowest BCUT2D eigenvalue weighted by molar-refractivity contribution is -0.117. The summed E-state index contributed by atoms with van der Waals surface area (Å²) in [5.74, 6) is 0.633. The SMILES string of the molecule is CC(C)c1cc(NC(=O)CC(c2ccccc2)N2CCOC2=O)n(-c2ccccc2)n1. The summed E-state index contributed by atoms with van der Waals surface area (Å²) < 4.78 is 6.86. The Morgan fingerprint density at radius 2 is 1.77 bits per heavy atom. The minimum atomic E-state index is -0.395. The second-order valence-corrected chi connectivity index (χ2v) is 7.84. The van der Waals surface area contributed by atoms with Gasteiger partial charge in [-0.25, -0.2) is 9.48 Å². The Bertz CT molecular complexity index is 1050. The molecule has 1 fully saturated rings. The van der Waals surface area contributed by atoms with E-state index in [2.05, 4.69) is 24.3 Å². The van der Waals surface area contributed by atoms with Crippen LogP contribution in [0.4, 0.5) is 10.6 Å². The highest BCUT2D eigenvalue weighted by molar-refractivity contribution is 5.91. The van der Waals surface area contributed by atoms with Crippen molar-refractivity contribution in [2.75, 3.05) is 18.5 Å². The van der Waals surface area contributed by atoms with Gasteiger partial charge in [-0.15, -0.1) is 0 Å². The average Bonchev–Trinajstić information content (AvgIpc) is 3.40. The van der Waals surface area contributed by atoms with Crippen molar-refractivity contribution in [1.29, 1.82) is 0 Å². The Balaban J connectivity index is 1.59. The summed E-state index contributed by atoms with van der Waals surface area (Å²) in [6, 6.07) is 20.8. The quantitative estimate of drug-likeness (QED) is 0.612. The Morgan fingerprint density at radius 3 is 2.39 bits per heavy atom. The molecule has 4 rings (SSSR count). The number of para-hydroxylation sites is 1. The van der Waals surface area contributed by atoms with E-state index in [0.717, 1.165) is 16.9 Å². The number of amides is 2. The predicted octanol–water partition coefficient (Wildman–Crippen LogP) is 4.52. The van der Waals surface area contributed by atoms with Gasteiger partial charge < -0.3 is 10.1 Å². The lowest BCUT2D eigenvalue weighted by atomic mass is 10.0. The maximum absolute atomic E-state index is 13.1. The molecule has 0 bridgehead atoms. The monoisotopic (exact) mass is 418 g/mol. The molecule has 31 heavy (non-hydrogen) atoms. The number of benzene rings is 2. The minimum absolute atomic E-state index is 0.121. The molecule has 1 atom stereocenters. The van der Waals surface area contributed by atoms with Crippen molar-refractivity contribution in [1.82, 2.24) is 14.7 Å². The van der Waals surface area contributed by atoms with Crippen LogP contribution in [0, 0.1) is 0 Å². The fraction of sp³-hybridized carbons (Fsp3) is 0.292. The number of rotatable bonds is 7. The molecule has 1 saturated heterocycles. The first-order valence-electron chi connectivity index (χ1n) is 10.5. The molecule has 2 heterocycles. The summed E-state index contributed by atoms with van der Waals surface area (Å²) in [5, 5.41) is 7.68. The first kappa shape index (κ1) is 20.7. The van der Waals surface area contributed by atoms with Crippen LogP contribution >= 0.6 is 0 Å². The molecular formula is C24H26N4O3. The third-order valence-corrected chi connectivity index (χ3v) is 5.32. The highest BCUT2D eigenvalue weighted by Gasteiger charge is 2.32. The van der Waals surface area contributed by atoms with Crippen LogP contribution in [-0.4, -0.2) is 39.8 Å². The highest BCUT2D eigenvalue weighted by atomic mass is 16.6. The van der Waals surface area contributed by atoms with Gasteiger partial charge in [-0.1, -0.05) is 62.4 Å². The number of carbonyl (C=O) groups is 2. The van der Waals surface area contributed by atoms with Gasteiger partial charge in [0.25, 0.3) is 0 Å². The number of hydrogen-bond donors (Lipinski definition) is 1. The molecule has 160 valence electrons. The Hall–Kier alpha value is -3.61. The van der Waals surface area contributed by atoms with Crippen LogP contribution in [0.25, 0.3) is 5.69 Å². The number of anilines is 1. The molecule has 1 aromatic heterocycles. The van der Waals surface area contributed by atoms with Crippen molar-refractivity contribution in [2.24, 2.45) is 0 Å². The van der Waals surface area contributed by atoms with Crippen molar-refractivity contribution in [2.45, 2.75) is 32.2 Å². The van der Waals surface area contributed by atoms with E-state index >= 15 is 0 Å². The first-order valence-corrected chi connectivity index (χ1v) is 10.5. The number of nitrogens with one attached hydrogen (secondary N) is 1. The normalized spacial score (nSPS) is 14.5. The van der Waals surface area contributed by atoms with Crippen molar-refractivity contribution < 1.29 is 14.3 Å². The van der Waals surface area contributed by atoms with Crippen molar-refractivity contribution in [3.8, 4) is 5.69 Å². The molecule has 1 aliphatic rings. The number of hydrogen-bond acceptors (Lipinski definition) is 4. The molecule has 0 aliphatic carbocycles. The summed E-state index contributed by atoms with van der Waals surface area (Å²) >= 11 is 0. The highest BCUT2D eigenvalue weighted by Crippen LogP contribution is 2.28. The number of aromatic nitrogens is 2. The summed E-state index contributed by atoms with van der Waals surface area (Å²) in [6.45, 7) is 4.93. The first-order chi connectivity index (χ1) is 15.0. The fourth-order valence-corrected chi connectivity index (χ4v) is 3.68. The molecule has 0 spiro atoms. The number of nitrogens with zero attached hydrogens (tertiary/aromatic N) is 3. The molecule has 0 radical (unpaired) electrons. The van der Waals surface area contributed by atoms with E-state index < -0.39 is 12.1 Å². The number of cyclic esters (lactones) is 1. The molecule has 7 nitrogen and oxygen atoms in total. The molecule has 1 aliphatic heterocycles. The molecule has 0 saturated carbocycles. The van der Waals surface area contributed by atoms with E-state index in [4.69, 9.17) is 4.74 Å². The van der Waals surface area contributed by atoms with Gasteiger partial charge in [0.1, 0.15) is 12.4 Å². The largest absolute Gasteiger partial charge is 0.448 e. The smallest absolute Gasteiger partial charge is 0.410 e. The Morgan fingerprint density at radius 1 is 1.10 bits per heavy atom. The maximum atomic E-state index is 13.1. The predicted molar refractivity (Wildman–Crippen MR) is 118 cm³/mol. The molecule has 1 N–H and O–H groups in total. The van der Waals surface area contributed by atoms with E-state index in [9.17, 15) is 9.59 Å². The van der Waals surface area contributed by atoms with Crippen LogP contribution in [0.15, 0.2) is 66.7 Å². The fourth-order valence-electron chi connectivity index (χ4n) is 3.68. The van der Waals surface area contributed by atoms with Crippen molar-refractivity contribution in [3.63, 3.8) is 0 Å². The summed E-state index contributed by atoms with van der Waals surface area (Å²) in [4.78, 5) is 26.9. The van der Waals surface area contributed by atoms with E-state index in [1.54, 1.807) is 9.58 Å². The third kappa shape index (κ3) is 4.60. The van der Waals surface area contributed by atoms with E-state index in [-0.39, 0.29) is 18.2 Å². The summed E-state index contributed by atoms with van der Waals surface area (Å²) in [6.07, 6.45) is -0.270. The number of ether oxygens (including phenoxy) is 1. The van der Waals surface area contributed by atoms with E-state index in [0.29, 0.717) is 19.0 Å². The Labute approximate surface area is 181 Å². The van der Waals surface area contributed by atoms with Gasteiger partial charge in [-0.3, -0.25) is 9.69 Å². The van der Waals surface area contributed by atoms with E-state index in [1.807, 2.05) is 66.7 Å². The standard InChI is InChI=1S/C24H26N4O3/c1-17(2)20-15-22(28(26-20)19-11-7-4-8-12-19)25-23(29)16-21(18-9-5-3-6-10-18)27-13-14-31-24(27)30/h3-12,15,17,21H,13-14,16H2,1-2H3,(H,25,29). The summed E-state index contributed by atoms with van der Waals surface area (Å²) in [5.41, 5.74) is 2.66. The molecule has 7 heteroatoms. The van der Waals surface area contributed by atoms with Gasteiger partial charge in [-0.2, -0.15) is 5.10 Å². The van der Waals surface area contributed by atoms with Crippen LogP contribution in [-0.2, 0) is 9.53 Å². The lowest BCUT2D eigenvalue weighted by Gasteiger charge is -2.25. The van der Waals surface area contributed by atoms with Gasteiger partial charge in [0.15, 0.2) is 0 Å². The Kier molecular flexibility index (Phi) is 6.02. The summed E-state index contributed by atoms with van der Waals surface area (Å²) in [7, 11) is 0. The zero-order chi connectivity index (χ0) is 21.8. The molecule has 2 amide bonds. The zero-order valence-electron chi connectivity index (χ0n) is 17.7. The average molecular weight is 418 g/mol. The van der Waals surface area contributed by atoms with Gasteiger partial charge >= 0.3 is 6.09 Å². The van der Waals surface area contributed by atoms with Gasteiger partial charge in [-0.05, 0) is 23.6 Å². The van der Waals surface area contributed by atoms with Crippen LogP contribution < -0.4 is 5.32 Å². The second-order valence-electron chi connectivity index (χ2n) is 7.84. The molecule has 1 unspecified atom stereocenters. The van der Waals surface area contributed by atoms with Crippen LogP contribution in [0.3, 0.4) is 0 Å². The molecule has 3 aromatic rings. The maximum Gasteiger partial charge on any atom is 0.410 e. The zero-order valence-corrected chi connectivity index (χ0v) is 17.7. The lowest BCUT2D eigenvalue weighted by Crippen LogP contribution is -2.32. The van der Waals surface area contributed by atoms with Crippen LogP contribution in [0.1, 0.15) is 43.5 Å². The van der Waals surface area contributed by atoms with E-state index in [1.165, 1.54) is 0 Å². The van der Waals surface area contributed by atoms with Gasteiger partial charge in [0.05, 0.1) is 30.4 Å². The van der Waals surface area contributed by atoms with Crippen molar-refractivity contribution in [3.05, 3.63) is 78.0 Å². The topological polar surface area (TPSA) is 76.5 Å². The van der Waals surface area contributed by atoms with Crippen LogP contribution in [0.2, 0.25) is 0 Å². The number of carbonyl (C=O) groups excluding carboxylic acids is 2. The third-order valence-electron chi connectivity index (χ3n) is 5.32. The van der Waals surface area contributed by atoms with Crippen LogP contribution in [0.5, 0.6) is 0 Å². The van der Waals surface area contributed by atoms with Gasteiger partial charge in [0.2, 0.25) is 5.91 Å². The second kappa shape index (κ2) is 9.04.